The number of rotatable bonds is 6. The monoisotopic (exact) mass is 339 g/mol. The van der Waals surface area contributed by atoms with Gasteiger partial charge in [0.25, 0.3) is 0 Å². The second kappa shape index (κ2) is 7.38. The predicted octanol–water partition coefficient (Wildman–Crippen LogP) is 3.96. The number of likely N-dealkylation sites (N-methyl/N-ethyl adjacent to an activating group) is 1. The number of nitrogens with zero attached hydrogens (tertiary/aromatic N) is 1. The van der Waals surface area contributed by atoms with Gasteiger partial charge in [0.15, 0.2) is 6.04 Å². The number of amides is 1. The number of carboxylic acid groups (broad SMARTS) is 1. The molecule has 0 spiro atoms. The van der Waals surface area contributed by atoms with Crippen LogP contribution < -0.4 is 0 Å². The molecule has 1 aliphatic rings. The van der Waals surface area contributed by atoms with E-state index >= 15 is 0 Å². The number of carbonyl (C=O) groups is 2. The first kappa shape index (κ1) is 17.0. The second-order valence-electron chi connectivity index (χ2n) is 6.30. The third-order valence-electron chi connectivity index (χ3n) is 4.42. The Hall–Kier alpha value is -2.82. The lowest BCUT2D eigenvalue weighted by Crippen LogP contribution is -2.36. The van der Waals surface area contributed by atoms with Crippen molar-refractivity contribution >= 4 is 12.1 Å². The first-order valence-corrected chi connectivity index (χ1v) is 8.33. The summed E-state index contributed by atoms with van der Waals surface area (Å²) in [6.45, 7) is 0.112. The quantitative estimate of drug-likeness (QED) is 0.865. The van der Waals surface area contributed by atoms with Gasteiger partial charge in [0.05, 0.1) is 0 Å². The minimum atomic E-state index is -1.06. The summed E-state index contributed by atoms with van der Waals surface area (Å²) in [5, 5.41) is 9.71. The number of benzene rings is 2. The van der Waals surface area contributed by atoms with Crippen molar-refractivity contribution in [3.8, 4) is 0 Å². The standard InChI is InChI=1S/C20H21NO4/c1-21(20(24)25-13-14-7-3-2-4-8-14)18(19(22)23)17-10-6-5-9-16(17)15-11-12-15/h2-10,15,18H,11-13H2,1H3,(H,22,23). The van der Waals surface area contributed by atoms with E-state index in [2.05, 4.69) is 0 Å². The Morgan fingerprint density at radius 1 is 1.12 bits per heavy atom. The molecule has 130 valence electrons. The van der Waals surface area contributed by atoms with Crippen LogP contribution in [0.15, 0.2) is 54.6 Å². The van der Waals surface area contributed by atoms with Crippen LogP contribution >= 0.6 is 0 Å². The largest absolute Gasteiger partial charge is 0.479 e. The van der Waals surface area contributed by atoms with Crippen molar-refractivity contribution in [1.29, 1.82) is 0 Å². The van der Waals surface area contributed by atoms with Gasteiger partial charge in [-0.15, -0.1) is 0 Å². The average molecular weight is 339 g/mol. The molecule has 1 saturated carbocycles. The molecule has 1 fully saturated rings. The fourth-order valence-corrected chi connectivity index (χ4v) is 2.96. The first-order chi connectivity index (χ1) is 12.1. The van der Waals surface area contributed by atoms with Crippen molar-refractivity contribution in [3.05, 3.63) is 71.3 Å². The Kier molecular flexibility index (Phi) is 5.03. The third kappa shape index (κ3) is 3.99. The number of aliphatic carboxylic acids is 1. The van der Waals surface area contributed by atoms with Gasteiger partial charge in [-0.25, -0.2) is 9.59 Å². The molecule has 1 atom stereocenters. The summed E-state index contributed by atoms with van der Waals surface area (Å²) in [4.78, 5) is 25.4. The summed E-state index contributed by atoms with van der Waals surface area (Å²) >= 11 is 0. The van der Waals surface area contributed by atoms with Gasteiger partial charge >= 0.3 is 12.1 Å². The molecule has 1 aliphatic carbocycles. The summed E-state index contributed by atoms with van der Waals surface area (Å²) in [5.41, 5.74) is 2.53. The molecule has 25 heavy (non-hydrogen) atoms. The van der Waals surface area contributed by atoms with Crippen LogP contribution in [0.5, 0.6) is 0 Å². The second-order valence-corrected chi connectivity index (χ2v) is 6.30. The summed E-state index contributed by atoms with van der Waals surface area (Å²) in [7, 11) is 1.47. The summed E-state index contributed by atoms with van der Waals surface area (Å²) in [6, 6.07) is 15.7. The SMILES string of the molecule is CN(C(=O)OCc1ccccc1)C(C(=O)O)c1ccccc1C1CC1. The molecule has 0 aliphatic heterocycles. The summed E-state index contributed by atoms with van der Waals surface area (Å²) in [5.74, 6) is -0.668. The molecule has 0 heterocycles. The Morgan fingerprint density at radius 2 is 1.76 bits per heavy atom. The van der Waals surface area contributed by atoms with Gasteiger partial charge < -0.3 is 9.84 Å². The van der Waals surface area contributed by atoms with Crippen molar-refractivity contribution in [2.45, 2.75) is 31.4 Å². The van der Waals surface area contributed by atoms with Crippen molar-refractivity contribution in [1.82, 2.24) is 4.90 Å². The van der Waals surface area contributed by atoms with Crippen molar-refractivity contribution in [2.75, 3.05) is 7.05 Å². The molecule has 0 bridgehead atoms. The Balaban J connectivity index is 1.76. The Bertz CT molecular complexity index is 755. The van der Waals surface area contributed by atoms with Crippen LogP contribution in [0.4, 0.5) is 4.79 Å². The van der Waals surface area contributed by atoms with E-state index in [9.17, 15) is 14.7 Å². The molecule has 0 aromatic heterocycles. The zero-order chi connectivity index (χ0) is 17.8. The number of ether oxygens (including phenoxy) is 1. The van der Waals surface area contributed by atoms with Gasteiger partial charge in [-0.3, -0.25) is 4.90 Å². The number of hydrogen-bond donors (Lipinski definition) is 1. The Labute approximate surface area is 146 Å². The third-order valence-corrected chi connectivity index (χ3v) is 4.42. The van der Waals surface area contributed by atoms with Gasteiger partial charge in [0, 0.05) is 7.05 Å². The molecule has 0 saturated heterocycles. The highest BCUT2D eigenvalue weighted by Gasteiger charge is 2.35. The van der Waals surface area contributed by atoms with E-state index in [1.165, 1.54) is 7.05 Å². The van der Waals surface area contributed by atoms with E-state index in [-0.39, 0.29) is 6.61 Å². The molecular formula is C20H21NO4. The highest BCUT2D eigenvalue weighted by Crippen LogP contribution is 2.43. The summed E-state index contributed by atoms with van der Waals surface area (Å²) in [6.07, 6.45) is 1.47. The molecule has 3 rings (SSSR count). The molecule has 5 nitrogen and oxygen atoms in total. The van der Waals surface area contributed by atoms with Crippen LogP contribution in [0.2, 0.25) is 0 Å². The lowest BCUT2D eigenvalue weighted by molar-refractivity contribution is -0.142. The van der Waals surface area contributed by atoms with Crippen molar-refractivity contribution < 1.29 is 19.4 Å². The normalized spacial score (nSPS) is 14.6. The van der Waals surface area contributed by atoms with E-state index in [1.807, 2.05) is 42.5 Å². The highest BCUT2D eigenvalue weighted by atomic mass is 16.6. The summed E-state index contributed by atoms with van der Waals surface area (Å²) < 4.78 is 5.28. The maximum Gasteiger partial charge on any atom is 0.410 e. The molecule has 1 amide bonds. The fraction of sp³-hybridized carbons (Fsp3) is 0.300. The van der Waals surface area contributed by atoms with Gasteiger partial charge in [-0.1, -0.05) is 54.6 Å². The highest BCUT2D eigenvalue weighted by molar-refractivity contribution is 5.82. The smallest absolute Gasteiger partial charge is 0.410 e. The van der Waals surface area contributed by atoms with Crippen LogP contribution in [-0.2, 0) is 16.1 Å². The first-order valence-electron chi connectivity index (χ1n) is 8.33. The van der Waals surface area contributed by atoms with E-state index in [4.69, 9.17) is 4.74 Å². The van der Waals surface area contributed by atoms with Gasteiger partial charge in [0.1, 0.15) is 6.61 Å². The minimum absolute atomic E-state index is 0.112. The van der Waals surface area contributed by atoms with Crippen LogP contribution in [0.25, 0.3) is 0 Å². The molecule has 5 heteroatoms. The van der Waals surface area contributed by atoms with Crippen LogP contribution in [-0.4, -0.2) is 29.1 Å². The van der Waals surface area contributed by atoms with Crippen molar-refractivity contribution in [3.63, 3.8) is 0 Å². The lowest BCUT2D eigenvalue weighted by atomic mass is 9.96. The average Bonchev–Trinajstić information content (AvgIpc) is 3.46. The molecule has 2 aromatic rings. The van der Waals surface area contributed by atoms with Crippen molar-refractivity contribution in [2.24, 2.45) is 0 Å². The Morgan fingerprint density at radius 3 is 2.40 bits per heavy atom. The topological polar surface area (TPSA) is 66.8 Å². The molecule has 1 N–H and O–H groups in total. The number of carboxylic acids is 1. The lowest BCUT2D eigenvalue weighted by Gasteiger charge is -2.26. The van der Waals surface area contributed by atoms with Crippen LogP contribution in [0, 0.1) is 0 Å². The van der Waals surface area contributed by atoms with Gasteiger partial charge in [-0.05, 0) is 35.4 Å². The van der Waals surface area contributed by atoms with Crippen LogP contribution in [0.3, 0.4) is 0 Å². The molecule has 2 aromatic carbocycles. The minimum Gasteiger partial charge on any atom is -0.479 e. The number of hydrogen-bond acceptors (Lipinski definition) is 3. The maximum absolute atomic E-state index is 12.4. The van der Waals surface area contributed by atoms with E-state index in [0.29, 0.717) is 11.5 Å². The van der Waals surface area contributed by atoms with Gasteiger partial charge in [-0.2, -0.15) is 0 Å². The predicted molar refractivity (Wildman–Crippen MR) is 93.2 cm³/mol. The van der Waals surface area contributed by atoms with Crippen LogP contribution in [0.1, 0.15) is 41.5 Å². The maximum atomic E-state index is 12.4. The van der Waals surface area contributed by atoms with E-state index < -0.39 is 18.1 Å². The molecule has 0 radical (unpaired) electrons. The molecular weight excluding hydrogens is 318 g/mol. The fourth-order valence-electron chi connectivity index (χ4n) is 2.96. The van der Waals surface area contributed by atoms with E-state index in [1.54, 1.807) is 12.1 Å². The number of carbonyl (C=O) groups excluding carboxylic acids is 1. The van der Waals surface area contributed by atoms with Gasteiger partial charge in [0.2, 0.25) is 0 Å². The van der Waals surface area contributed by atoms with E-state index in [0.717, 1.165) is 28.9 Å². The zero-order valence-electron chi connectivity index (χ0n) is 14.1. The zero-order valence-corrected chi connectivity index (χ0v) is 14.1. The molecule has 1 unspecified atom stereocenters.